The molecule has 8 heteroatoms. The van der Waals surface area contributed by atoms with Crippen LogP contribution in [0.25, 0.3) is 11.1 Å². The number of aliphatic hydroxyl groups excluding tert-OH is 1. The van der Waals surface area contributed by atoms with Crippen molar-refractivity contribution in [3.63, 3.8) is 0 Å². The molecule has 1 amide bonds. The number of esters is 1. The summed E-state index contributed by atoms with van der Waals surface area (Å²) in [7, 11) is -1.89. The number of rotatable bonds is 11. The van der Waals surface area contributed by atoms with Crippen LogP contribution in [0.1, 0.15) is 31.2 Å². The first-order valence-electron chi connectivity index (χ1n) is 10.1. The number of hydrogen-bond acceptors (Lipinski definition) is 6. The zero-order valence-corrected chi connectivity index (χ0v) is 18.7. The van der Waals surface area contributed by atoms with Crippen LogP contribution in [-0.2, 0) is 30.6 Å². The van der Waals surface area contributed by atoms with E-state index >= 15 is 0 Å². The van der Waals surface area contributed by atoms with Gasteiger partial charge in [-0.3, -0.25) is 9.59 Å². The summed E-state index contributed by atoms with van der Waals surface area (Å²) in [6.07, 6.45) is 3.39. The summed E-state index contributed by atoms with van der Waals surface area (Å²) in [6, 6.07) is 14.0. The molecular weight excluding hydrogens is 418 g/mol. The van der Waals surface area contributed by atoms with Gasteiger partial charge in [-0.1, -0.05) is 36.4 Å². The topological polar surface area (TPSA) is 110 Å². The second-order valence-corrected chi connectivity index (χ2v) is 9.44. The normalized spacial score (nSPS) is 12.2. The first kappa shape index (κ1) is 24.6. The van der Waals surface area contributed by atoms with Crippen molar-refractivity contribution < 1.29 is 27.9 Å². The molecule has 0 spiro atoms. The van der Waals surface area contributed by atoms with Crippen molar-refractivity contribution in [2.24, 2.45) is 0 Å². The predicted molar refractivity (Wildman–Crippen MR) is 118 cm³/mol. The Balaban J connectivity index is 1.88. The van der Waals surface area contributed by atoms with Crippen molar-refractivity contribution in [1.82, 2.24) is 5.32 Å². The predicted octanol–water partition coefficient (Wildman–Crippen LogP) is 2.51. The molecule has 0 aliphatic carbocycles. The van der Waals surface area contributed by atoms with E-state index in [1.165, 1.54) is 13.4 Å². The number of methoxy groups -OCH3 is 1. The Bertz CT molecular complexity index is 968. The van der Waals surface area contributed by atoms with E-state index < -0.39 is 15.9 Å². The van der Waals surface area contributed by atoms with Gasteiger partial charge in [0.1, 0.15) is 0 Å². The first-order chi connectivity index (χ1) is 14.7. The Morgan fingerprint density at radius 3 is 2.03 bits per heavy atom. The Labute approximate surface area is 183 Å². The van der Waals surface area contributed by atoms with Gasteiger partial charge in [0.25, 0.3) is 0 Å². The zero-order chi connectivity index (χ0) is 22.9. The van der Waals surface area contributed by atoms with E-state index in [0.717, 1.165) is 16.7 Å². The van der Waals surface area contributed by atoms with Crippen molar-refractivity contribution >= 4 is 21.7 Å². The van der Waals surface area contributed by atoms with E-state index in [2.05, 4.69) is 10.1 Å². The summed E-state index contributed by atoms with van der Waals surface area (Å²) < 4.78 is 27.7. The van der Waals surface area contributed by atoms with Gasteiger partial charge in [0.15, 0.2) is 9.84 Å². The van der Waals surface area contributed by atoms with Crippen LogP contribution in [0, 0.1) is 0 Å². The van der Waals surface area contributed by atoms with Gasteiger partial charge in [-0.05, 0) is 48.1 Å². The van der Waals surface area contributed by atoms with Crippen molar-refractivity contribution in [3.8, 4) is 11.1 Å². The minimum atomic E-state index is -3.23. The van der Waals surface area contributed by atoms with Gasteiger partial charge in [0, 0.05) is 19.1 Å². The molecule has 0 saturated heterocycles. The Kier molecular flexibility index (Phi) is 9.21. The number of nitrogens with one attached hydrogen (secondary N) is 1. The highest BCUT2D eigenvalue weighted by molar-refractivity contribution is 7.90. The lowest BCUT2D eigenvalue weighted by Crippen LogP contribution is -2.39. The number of benzene rings is 2. The molecule has 0 aliphatic rings. The van der Waals surface area contributed by atoms with Gasteiger partial charge < -0.3 is 15.2 Å². The fourth-order valence-electron chi connectivity index (χ4n) is 3.13. The largest absolute Gasteiger partial charge is 0.469 e. The number of unbranched alkanes of at least 4 members (excludes halogenated alkanes) is 1. The van der Waals surface area contributed by atoms with Crippen molar-refractivity contribution in [1.29, 1.82) is 0 Å². The summed E-state index contributed by atoms with van der Waals surface area (Å²) in [5, 5.41) is 12.4. The van der Waals surface area contributed by atoms with E-state index in [0.29, 0.717) is 19.3 Å². The average Bonchev–Trinajstić information content (AvgIpc) is 2.76. The summed E-state index contributed by atoms with van der Waals surface area (Å²) in [5.74, 6) is -0.449. The molecule has 2 rings (SSSR count). The highest BCUT2D eigenvalue weighted by Crippen LogP contribution is 2.22. The number of sulfone groups is 1. The first-order valence-corrected chi connectivity index (χ1v) is 12.0. The average molecular weight is 448 g/mol. The van der Waals surface area contributed by atoms with Gasteiger partial charge in [-0.15, -0.1) is 0 Å². The molecule has 2 aromatic rings. The smallest absolute Gasteiger partial charge is 0.305 e. The van der Waals surface area contributed by atoms with Gasteiger partial charge in [-0.25, -0.2) is 8.42 Å². The molecule has 0 saturated carbocycles. The molecule has 0 fully saturated rings. The molecule has 31 heavy (non-hydrogen) atoms. The Hall–Kier alpha value is -2.71. The molecule has 0 aliphatic heterocycles. The molecule has 0 radical (unpaired) electrons. The fraction of sp³-hybridized carbons (Fsp3) is 0.391. The van der Waals surface area contributed by atoms with Crippen LogP contribution in [-0.4, -0.2) is 51.4 Å². The molecule has 0 aromatic heterocycles. The summed E-state index contributed by atoms with van der Waals surface area (Å²) >= 11 is 0. The molecular formula is C23H29NO6S. The lowest BCUT2D eigenvalue weighted by Gasteiger charge is -2.17. The van der Waals surface area contributed by atoms with Crippen LogP contribution in [0.5, 0.6) is 0 Å². The molecule has 2 N–H and O–H groups in total. The maximum atomic E-state index is 12.1. The molecule has 1 unspecified atom stereocenters. The van der Waals surface area contributed by atoms with Crippen molar-refractivity contribution in [3.05, 3.63) is 54.1 Å². The minimum Gasteiger partial charge on any atom is -0.469 e. The quantitative estimate of drug-likeness (QED) is 0.405. The SMILES string of the molecule is COC(=O)CCCCC(=O)NC(CO)Cc1ccc(-c2ccc(S(C)(=O)=O)cc2)cc1. The maximum absolute atomic E-state index is 12.1. The van der Waals surface area contributed by atoms with E-state index in [1.807, 2.05) is 24.3 Å². The summed E-state index contributed by atoms with van der Waals surface area (Å²) in [4.78, 5) is 23.4. The number of aliphatic hydroxyl groups is 1. The molecule has 0 bridgehead atoms. The molecule has 0 heterocycles. The monoisotopic (exact) mass is 447 g/mol. The third kappa shape index (κ3) is 8.15. The number of hydrogen-bond donors (Lipinski definition) is 2. The molecule has 168 valence electrons. The third-order valence-electron chi connectivity index (χ3n) is 4.90. The standard InChI is InChI=1S/C23H29NO6S/c1-30-23(27)6-4-3-5-22(26)24-20(16-25)15-17-7-9-18(10-8-17)19-11-13-21(14-12-19)31(2,28)29/h7-14,20,25H,3-6,15-16H2,1-2H3,(H,24,26). The second kappa shape index (κ2) is 11.6. The van der Waals surface area contributed by atoms with Crippen LogP contribution in [0.2, 0.25) is 0 Å². The highest BCUT2D eigenvalue weighted by atomic mass is 32.2. The zero-order valence-electron chi connectivity index (χ0n) is 17.8. The van der Waals surface area contributed by atoms with Crippen molar-refractivity contribution in [2.75, 3.05) is 20.0 Å². The van der Waals surface area contributed by atoms with E-state index in [1.54, 1.807) is 24.3 Å². The van der Waals surface area contributed by atoms with Gasteiger partial charge in [0.05, 0.1) is 24.7 Å². The van der Waals surface area contributed by atoms with Gasteiger partial charge in [-0.2, -0.15) is 0 Å². The number of ether oxygens (including phenoxy) is 1. The van der Waals surface area contributed by atoms with Crippen LogP contribution >= 0.6 is 0 Å². The number of amides is 1. The fourth-order valence-corrected chi connectivity index (χ4v) is 3.76. The van der Waals surface area contributed by atoms with Gasteiger partial charge >= 0.3 is 5.97 Å². The molecule has 7 nitrogen and oxygen atoms in total. The lowest BCUT2D eigenvalue weighted by atomic mass is 10.0. The second-order valence-electron chi connectivity index (χ2n) is 7.43. The molecule has 1 atom stereocenters. The van der Waals surface area contributed by atoms with E-state index in [-0.39, 0.29) is 36.2 Å². The number of carbonyl (C=O) groups excluding carboxylic acids is 2. The number of carbonyl (C=O) groups is 2. The minimum absolute atomic E-state index is 0.161. The van der Waals surface area contributed by atoms with Crippen LogP contribution in [0.3, 0.4) is 0 Å². The van der Waals surface area contributed by atoms with Crippen LogP contribution in [0.4, 0.5) is 0 Å². The summed E-state index contributed by atoms with van der Waals surface area (Å²) in [6.45, 7) is -0.178. The Morgan fingerprint density at radius 1 is 0.968 bits per heavy atom. The summed E-state index contributed by atoms with van der Waals surface area (Å²) in [5.41, 5.74) is 2.80. The third-order valence-corrected chi connectivity index (χ3v) is 6.03. The van der Waals surface area contributed by atoms with E-state index in [4.69, 9.17) is 0 Å². The Morgan fingerprint density at radius 2 is 1.52 bits per heavy atom. The molecule has 2 aromatic carbocycles. The van der Waals surface area contributed by atoms with E-state index in [9.17, 15) is 23.1 Å². The maximum Gasteiger partial charge on any atom is 0.305 e. The van der Waals surface area contributed by atoms with Crippen LogP contribution < -0.4 is 5.32 Å². The lowest BCUT2D eigenvalue weighted by molar-refractivity contribution is -0.140. The van der Waals surface area contributed by atoms with Crippen molar-refractivity contribution in [2.45, 2.75) is 43.0 Å². The van der Waals surface area contributed by atoms with Crippen LogP contribution in [0.15, 0.2) is 53.4 Å². The highest BCUT2D eigenvalue weighted by Gasteiger charge is 2.13. The van der Waals surface area contributed by atoms with Gasteiger partial charge in [0.2, 0.25) is 5.91 Å².